The third kappa shape index (κ3) is 10.3. The molecule has 1 aliphatic carbocycles. The van der Waals surface area contributed by atoms with Crippen LogP contribution in [0.5, 0.6) is 0 Å². The second-order valence-corrected chi connectivity index (χ2v) is 4.79. The fourth-order valence-electron chi connectivity index (χ4n) is 1.85. The highest BCUT2D eigenvalue weighted by Crippen LogP contribution is 2.12. The van der Waals surface area contributed by atoms with Crippen molar-refractivity contribution in [3.8, 4) is 0 Å². The molecule has 1 rings (SSSR count). The van der Waals surface area contributed by atoms with E-state index in [1.54, 1.807) is 0 Å². The van der Waals surface area contributed by atoms with Gasteiger partial charge in [0.05, 0.1) is 0 Å². The van der Waals surface area contributed by atoms with Crippen molar-refractivity contribution in [1.82, 2.24) is 5.32 Å². The Bertz CT molecular complexity index is 214. The highest BCUT2D eigenvalue weighted by molar-refractivity contribution is 5.22. The first-order chi connectivity index (χ1) is 8.29. The molecule has 0 saturated carbocycles. The van der Waals surface area contributed by atoms with E-state index in [0.29, 0.717) is 0 Å². The van der Waals surface area contributed by atoms with Crippen LogP contribution in [-0.2, 0) is 0 Å². The van der Waals surface area contributed by atoms with E-state index in [0.717, 1.165) is 12.5 Å². The summed E-state index contributed by atoms with van der Waals surface area (Å²) in [6.45, 7) is 10.9. The van der Waals surface area contributed by atoms with E-state index in [2.05, 4.69) is 37.4 Å². The molecule has 1 aliphatic rings. The summed E-state index contributed by atoms with van der Waals surface area (Å²) < 4.78 is 0. The molecule has 0 amide bonds. The molecule has 1 heteroatoms. The fraction of sp³-hybridized carbons (Fsp3) is 0.750. The van der Waals surface area contributed by atoms with Crippen LogP contribution in [0.15, 0.2) is 23.8 Å². The predicted octanol–water partition coefficient (Wildman–Crippen LogP) is 4.70. The Kier molecular flexibility index (Phi) is 11.5. The summed E-state index contributed by atoms with van der Waals surface area (Å²) in [4.78, 5) is 0. The minimum atomic E-state index is 0.843. The van der Waals surface area contributed by atoms with Crippen molar-refractivity contribution in [3.05, 3.63) is 23.8 Å². The molecule has 1 nitrogen and oxygen atoms in total. The SMILES string of the molecule is CC.CC(C)CCCNCCC1=CCCC=C1. The maximum Gasteiger partial charge on any atom is -0.000847 e. The largest absolute Gasteiger partial charge is 0.316 e. The van der Waals surface area contributed by atoms with Gasteiger partial charge in [0.15, 0.2) is 0 Å². The molecule has 0 atom stereocenters. The van der Waals surface area contributed by atoms with Gasteiger partial charge >= 0.3 is 0 Å². The first kappa shape index (κ1) is 16.4. The lowest BCUT2D eigenvalue weighted by Crippen LogP contribution is -2.17. The molecule has 0 aliphatic heterocycles. The number of allylic oxidation sites excluding steroid dienone is 3. The van der Waals surface area contributed by atoms with Gasteiger partial charge in [-0.05, 0) is 51.1 Å². The minimum Gasteiger partial charge on any atom is -0.316 e. The fourth-order valence-corrected chi connectivity index (χ4v) is 1.85. The van der Waals surface area contributed by atoms with Gasteiger partial charge in [-0.1, -0.05) is 51.5 Å². The molecular weight excluding hydrogens is 206 g/mol. The monoisotopic (exact) mass is 237 g/mol. The van der Waals surface area contributed by atoms with Crippen molar-refractivity contribution >= 4 is 0 Å². The first-order valence-electron chi connectivity index (χ1n) is 7.35. The number of hydrogen-bond donors (Lipinski definition) is 1. The van der Waals surface area contributed by atoms with Gasteiger partial charge in [-0.15, -0.1) is 0 Å². The van der Waals surface area contributed by atoms with E-state index in [4.69, 9.17) is 0 Å². The molecule has 0 unspecified atom stereocenters. The van der Waals surface area contributed by atoms with Crippen molar-refractivity contribution < 1.29 is 0 Å². The molecule has 0 radical (unpaired) electrons. The summed E-state index contributed by atoms with van der Waals surface area (Å²) >= 11 is 0. The molecule has 100 valence electrons. The highest BCUT2D eigenvalue weighted by Gasteiger charge is 1.97. The lowest BCUT2D eigenvalue weighted by molar-refractivity contribution is 0.528. The van der Waals surface area contributed by atoms with Gasteiger partial charge in [0.2, 0.25) is 0 Å². The summed E-state index contributed by atoms with van der Waals surface area (Å²) in [5, 5.41) is 3.51. The van der Waals surface area contributed by atoms with Crippen LogP contribution < -0.4 is 5.32 Å². The molecule has 0 heterocycles. The Balaban J connectivity index is 0.00000121. The maximum absolute atomic E-state index is 3.51. The Hall–Kier alpha value is -0.560. The molecule has 1 N–H and O–H groups in total. The summed E-state index contributed by atoms with van der Waals surface area (Å²) in [5.41, 5.74) is 1.51. The van der Waals surface area contributed by atoms with Gasteiger partial charge in [0.1, 0.15) is 0 Å². The van der Waals surface area contributed by atoms with Crippen LogP contribution in [0.2, 0.25) is 0 Å². The summed E-state index contributed by atoms with van der Waals surface area (Å²) in [7, 11) is 0. The number of hydrogen-bond acceptors (Lipinski definition) is 1. The van der Waals surface area contributed by atoms with Crippen molar-refractivity contribution in [2.75, 3.05) is 13.1 Å². The van der Waals surface area contributed by atoms with Gasteiger partial charge in [-0.25, -0.2) is 0 Å². The third-order valence-electron chi connectivity index (χ3n) is 2.80. The second kappa shape index (κ2) is 11.9. The average molecular weight is 237 g/mol. The molecule has 0 saturated heterocycles. The second-order valence-electron chi connectivity index (χ2n) is 4.79. The smallest absolute Gasteiger partial charge is 0.000847 e. The normalized spacial score (nSPS) is 14.3. The molecule has 0 aromatic rings. The van der Waals surface area contributed by atoms with Crippen LogP contribution in [0.4, 0.5) is 0 Å². The average Bonchev–Trinajstić information content (AvgIpc) is 2.37. The van der Waals surface area contributed by atoms with Crippen LogP contribution in [0.1, 0.15) is 59.8 Å². The van der Waals surface area contributed by atoms with Gasteiger partial charge in [0, 0.05) is 0 Å². The summed E-state index contributed by atoms with van der Waals surface area (Å²) in [6, 6.07) is 0. The van der Waals surface area contributed by atoms with Gasteiger partial charge < -0.3 is 5.32 Å². The third-order valence-corrected chi connectivity index (χ3v) is 2.80. The zero-order chi connectivity index (χ0) is 12.9. The van der Waals surface area contributed by atoms with Crippen LogP contribution >= 0.6 is 0 Å². The van der Waals surface area contributed by atoms with Crippen molar-refractivity contribution in [2.24, 2.45) is 5.92 Å². The topological polar surface area (TPSA) is 12.0 Å². The lowest BCUT2D eigenvalue weighted by atomic mass is 10.0. The molecule has 0 aromatic carbocycles. The highest BCUT2D eigenvalue weighted by atomic mass is 14.8. The van der Waals surface area contributed by atoms with E-state index in [1.807, 2.05) is 13.8 Å². The van der Waals surface area contributed by atoms with E-state index in [1.165, 1.54) is 44.2 Å². The molecule has 17 heavy (non-hydrogen) atoms. The van der Waals surface area contributed by atoms with Gasteiger partial charge in [0.25, 0.3) is 0 Å². The first-order valence-corrected chi connectivity index (χ1v) is 7.35. The van der Waals surface area contributed by atoms with Crippen LogP contribution in [0, 0.1) is 5.92 Å². The summed E-state index contributed by atoms with van der Waals surface area (Å²) in [6.07, 6.45) is 13.2. The van der Waals surface area contributed by atoms with Crippen molar-refractivity contribution in [3.63, 3.8) is 0 Å². The molecular formula is C16H31N. The Labute approximate surface area is 108 Å². The number of rotatable bonds is 7. The van der Waals surface area contributed by atoms with Crippen LogP contribution in [0.25, 0.3) is 0 Å². The maximum atomic E-state index is 3.51. The van der Waals surface area contributed by atoms with E-state index >= 15 is 0 Å². The molecule has 0 bridgehead atoms. The quantitative estimate of drug-likeness (QED) is 0.633. The minimum absolute atomic E-state index is 0.843. The molecule has 0 fully saturated rings. The Morgan fingerprint density at radius 1 is 1.18 bits per heavy atom. The standard InChI is InChI=1S/C14H25N.C2H6/c1-13(2)7-6-11-15-12-10-14-8-4-3-5-9-14;1-2/h4,8-9,13,15H,3,5-7,10-12H2,1-2H3;1-2H3. The van der Waals surface area contributed by atoms with Crippen molar-refractivity contribution in [2.45, 2.75) is 59.8 Å². The van der Waals surface area contributed by atoms with E-state index in [-0.39, 0.29) is 0 Å². The Morgan fingerprint density at radius 3 is 2.53 bits per heavy atom. The van der Waals surface area contributed by atoms with Crippen LogP contribution in [-0.4, -0.2) is 13.1 Å². The van der Waals surface area contributed by atoms with Crippen molar-refractivity contribution in [1.29, 1.82) is 0 Å². The molecule has 0 aromatic heterocycles. The van der Waals surface area contributed by atoms with Crippen LogP contribution in [0.3, 0.4) is 0 Å². The van der Waals surface area contributed by atoms with Gasteiger partial charge in [-0.3, -0.25) is 0 Å². The van der Waals surface area contributed by atoms with Gasteiger partial charge in [-0.2, -0.15) is 0 Å². The number of nitrogens with one attached hydrogen (secondary N) is 1. The zero-order valence-corrected chi connectivity index (χ0v) is 12.3. The lowest BCUT2D eigenvalue weighted by Gasteiger charge is -2.08. The predicted molar refractivity (Wildman–Crippen MR) is 79.4 cm³/mol. The van der Waals surface area contributed by atoms with E-state index < -0.39 is 0 Å². The Morgan fingerprint density at radius 2 is 1.94 bits per heavy atom. The van der Waals surface area contributed by atoms with E-state index in [9.17, 15) is 0 Å². The summed E-state index contributed by atoms with van der Waals surface area (Å²) in [5.74, 6) is 0.843. The molecule has 0 spiro atoms. The zero-order valence-electron chi connectivity index (χ0n) is 12.3.